The van der Waals surface area contributed by atoms with Crippen molar-refractivity contribution in [1.29, 1.82) is 0 Å². The lowest BCUT2D eigenvalue weighted by molar-refractivity contribution is -0.121. The van der Waals surface area contributed by atoms with Crippen LogP contribution in [0.15, 0.2) is 12.2 Å². The summed E-state index contributed by atoms with van der Waals surface area (Å²) in [5.41, 5.74) is 0. The van der Waals surface area contributed by atoms with Gasteiger partial charge >= 0.3 is 6.09 Å². The van der Waals surface area contributed by atoms with Crippen LogP contribution >= 0.6 is 0 Å². The largest absolute Gasteiger partial charge is 0.465 e. The van der Waals surface area contributed by atoms with E-state index in [9.17, 15) is 9.59 Å². The molecule has 0 atom stereocenters. The smallest absolute Gasteiger partial charge is 0.408 e. The minimum absolute atomic E-state index is 0.120. The molecule has 0 heterocycles. The highest BCUT2D eigenvalue weighted by Crippen LogP contribution is 2.00. The summed E-state index contributed by atoms with van der Waals surface area (Å²) in [4.78, 5) is 23.0. The van der Waals surface area contributed by atoms with Crippen molar-refractivity contribution in [1.82, 2.24) is 10.2 Å². The van der Waals surface area contributed by atoms with Gasteiger partial charge in [-0.2, -0.15) is 0 Å². The number of hydrogen-bond donors (Lipinski definition) is 2. The maximum absolute atomic E-state index is 11.1. The van der Waals surface area contributed by atoms with Crippen LogP contribution in [0.25, 0.3) is 0 Å². The van der Waals surface area contributed by atoms with Crippen molar-refractivity contribution in [3.05, 3.63) is 12.2 Å². The molecule has 2 N–H and O–H groups in total. The average molecular weight is 242 g/mol. The number of carbonyl (C=O) groups is 2. The zero-order chi connectivity index (χ0) is 13.1. The number of allylic oxidation sites excluding steroid dienone is 1. The van der Waals surface area contributed by atoms with Crippen LogP contribution in [0.4, 0.5) is 4.79 Å². The number of nitrogens with zero attached hydrogens (tertiary/aromatic N) is 1. The molecule has 0 aliphatic heterocycles. The zero-order valence-electron chi connectivity index (χ0n) is 10.6. The van der Waals surface area contributed by atoms with E-state index in [0.29, 0.717) is 0 Å². The van der Waals surface area contributed by atoms with Crippen LogP contribution in [0.1, 0.15) is 32.6 Å². The number of hydrogen-bond acceptors (Lipinski definition) is 2. The highest BCUT2D eigenvalue weighted by Gasteiger charge is 2.12. The van der Waals surface area contributed by atoms with E-state index in [1.54, 1.807) is 6.08 Å². The van der Waals surface area contributed by atoms with Crippen molar-refractivity contribution >= 4 is 12.0 Å². The molecule has 0 unspecified atom stereocenters. The predicted molar refractivity (Wildman–Crippen MR) is 66.9 cm³/mol. The molecular formula is C12H22N2O3. The molecule has 0 bridgehead atoms. The molecule has 5 heteroatoms. The number of carboxylic acid groups (broad SMARTS) is 1. The van der Waals surface area contributed by atoms with Crippen LogP contribution in [-0.2, 0) is 4.79 Å². The number of carbonyl (C=O) groups excluding carboxylic acids is 1. The van der Waals surface area contributed by atoms with Gasteiger partial charge in [0, 0.05) is 13.6 Å². The quantitative estimate of drug-likeness (QED) is 0.504. The van der Waals surface area contributed by atoms with Crippen molar-refractivity contribution in [2.45, 2.75) is 32.6 Å². The van der Waals surface area contributed by atoms with Gasteiger partial charge in [0.15, 0.2) is 0 Å². The molecule has 0 aromatic heterocycles. The van der Waals surface area contributed by atoms with Crippen LogP contribution in [-0.4, -0.2) is 42.1 Å². The number of rotatable bonds is 8. The Kier molecular flexibility index (Phi) is 8.82. The van der Waals surface area contributed by atoms with Crippen molar-refractivity contribution in [3.8, 4) is 0 Å². The molecule has 5 nitrogen and oxygen atoms in total. The fourth-order valence-corrected chi connectivity index (χ4v) is 1.29. The third kappa shape index (κ3) is 8.30. The molecule has 0 aromatic rings. The number of unbranched alkanes of at least 4 members (excludes halogenated alkanes) is 3. The van der Waals surface area contributed by atoms with E-state index in [0.717, 1.165) is 17.7 Å². The topological polar surface area (TPSA) is 69.6 Å². The van der Waals surface area contributed by atoms with Gasteiger partial charge in [0.2, 0.25) is 5.91 Å². The van der Waals surface area contributed by atoms with Gasteiger partial charge in [-0.05, 0) is 12.8 Å². The van der Waals surface area contributed by atoms with Gasteiger partial charge in [-0.15, -0.1) is 0 Å². The Morgan fingerprint density at radius 3 is 2.53 bits per heavy atom. The van der Waals surface area contributed by atoms with Crippen LogP contribution < -0.4 is 5.32 Å². The molecule has 17 heavy (non-hydrogen) atoms. The number of amides is 2. The summed E-state index contributed by atoms with van der Waals surface area (Å²) in [7, 11) is 1.49. The predicted octanol–water partition coefficient (Wildman–Crippen LogP) is 1.85. The van der Waals surface area contributed by atoms with Crippen molar-refractivity contribution in [3.63, 3.8) is 0 Å². The fourth-order valence-electron chi connectivity index (χ4n) is 1.29. The minimum Gasteiger partial charge on any atom is -0.465 e. The molecule has 0 saturated heterocycles. The summed E-state index contributed by atoms with van der Waals surface area (Å²) >= 11 is 0. The molecule has 0 saturated carbocycles. The van der Waals surface area contributed by atoms with E-state index in [4.69, 9.17) is 5.11 Å². The van der Waals surface area contributed by atoms with E-state index in [-0.39, 0.29) is 19.0 Å². The highest BCUT2D eigenvalue weighted by molar-refractivity contribution is 5.81. The van der Waals surface area contributed by atoms with E-state index in [1.807, 2.05) is 6.08 Å². The van der Waals surface area contributed by atoms with Gasteiger partial charge in [-0.3, -0.25) is 9.69 Å². The summed E-state index contributed by atoms with van der Waals surface area (Å²) in [5.74, 6) is -0.299. The van der Waals surface area contributed by atoms with Gasteiger partial charge in [-0.1, -0.05) is 31.9 Å². The first-order chi connectivity index (χ1) is 8.11. The van der Waals surface area contributed by atoms with Crippen molar-refractivity contribution in [2.24, 2.45) is 0 Å². The maximum atomic E-state index is 11.1. The monoisotopic (exact) mass is 242 g/mol. The molecule has 0 fully saturated rings. The Bertz CT molecular complexity index is 264. The molecular weight excluding hydrogens is 220 g/mol. The molecule has 0 radical (unpaired) electrons. The molecule has 0 aromatic carbocycles. The van der Waals surface area contributed by atoms with Crippen molar-refractivity contribution in [2.75, 3.05) is 20.1 Å². The Balaban J connectivity index is 3.92. The maximum Gasteiger partial charge on any atom is 0.408 e. The first-order valence-electron chi connectivity index (χ1n) is 5.95. The third-order valence-electron chi connectivity index (χ3n) is 2.35. The number of likely N-dealkylation sites (N-methyl/N-ethyl adjacent to an activating group) is 1. The summed E-state index contributed by atoms with van der Waals surface area (Å²) in [6.07, 6.45) is 7.13. The van der Waals surface area contributed by atoms with Crippen molar-refractivity contribution < 1.29 is 14.7 Å². The SMILES string of the molecule is CCCCC/C=C/CN(CC(=O)NC)C(=O)O. The lowest BCUT2D eigenvalue weighted by Crippen LogP contribution is -2.38. The highest BCUT2D eigenvalue weighted by atomic mass is 16.4. The van der Waals surface area contributed by atoms with Crippen LogP contribution in [0.3, 0.4) is 0 Å². The Morgan fingerprint density at radius 1 is 1.29 bits per heavy atom. The van der Waals surface area contributed by atoms with Gasteiger partial charge in [0.25, 0.3) is 0 Å². The van der Waals surface area contributed by atoms with E-state index in [2.05, 4.69) is 12.2 Å². The van der Waals surface area contributed by atoms with Crippen LogP contribution in [0.5, 0.6) is 0 Å². The van der Waals surface area contributed by atoms with Gasteiger partial charge in [-0.25, -0.2) is 4.79 Å². The van der Waals surface area contributed by atoms with Gasteiger partial charge in [0.05, 0.1) is 0 Å². The number of nitrogens with one attached hydrogen (secondary N) is 1. The molecule has 0 spiro atoms. The molecule has 0 rings (SSSR count). The van der Waals surface area contributed by atoms with Crippen LogP contribution in [0.2, 0.25) is 0 Å². The molecule has 2 amide bonds. The summed E-state index contributed by atoms with van der Waals surface area (Å²) in [5, 5.41) is 11.3. The summed E-state index contributed by atoms with van der Waals surface area (Å²) in [6.45, 7) is 2.28. The summed E-state index contributed by atoms with van der Waals surface area (Å²) in [6, 6.07) is 0. The van der Waals surface area contributed by atoms with E-state index in [1.165, 1.54) is 19.9 Å². The standard InChI is InChI=1S/C12H22N2O3/c1-3-4-5-6-7-8-9-14(12(16)17)10-11(15)13-2/h7-8H,3-6,9-10H2,1-2H3,(H,13,15)(H,16,17)/b8-7+. The Hall–Kier alpha value is -1.52. The zero-order valence-corrected chi connectivity index (χ0v) is 10.6. The second kappa shape index (κ2) is 9.69. The van der Waals surface area contributed by atoms with E-state index < -0.39 is 6.09 Å². The first-order valence-corrected chi connectivity index (χ1v) is 5.95. The first kappa shape index (κ1) is 15.5. The molecule has 0 aliphatic rings. The lowest BCUT2D eigenvalue weighted by atomic mass is 10.2. The minimum atomic E-state index is -1.08. The van der Waals surface area contributed by atoms with Gasteiger partial charge < -0.3 is 10.4 Å². The van der Waals surface area contributed by atoms with Gasteiger partial charge in [0.1, 0.15) is 6.54 Å². The average Bonchev–Trinajstić information content (AvgIpc) is 2.31. The molecule has 0 aliphatic carbocycles. The third-order valence-corrected chi connectivity index (χ3v) is 2.35. The second-order valence-electron chi connectivity index (χ2n) is 3.80. The lowest BCUT2D eigenvalue weighted by Gasteiger charge is -2.15. The molecule has 98 valence electrons. The normalized spacial score (nSPS) is 10.5. The second-order valence-corrected chi connectivity index (χ2v) is 3.80. The Morgan fingerprint density at radius 2 is 2.00 bits per heavy atom. The van der Waals surface area contributed by atoms with E-state index >= 15 is 0 Å². The Labute approximate surface area is 102 Å². The van der Waals surface area contributed by atoms with Crippen LogP contribution in [0, 0.1) is 0 Å². The fraction of sp³-hybridized carbons (Fsp3) is 0.667. The summed E-state index contributed by atoms with van der Waals surface area (Å²) < 4.78 is 0.